The fourth-order valence-corrected chi connectivity index (χ4v) is 2.44. The van der Waals surface area contributed by atoms with Crippen molar-refractivity contribution in [3.05, 3.63) is 48.0 Å². The van der Waals surface area contributed by atoms with Gasteiger partial charge in [0.25, 0.3) is 0 Å². The van der Waals surface area contributed by atoms with Crippen molar-refractivity contribution >= 4 is 28.5 Å². The number of carbonyl (C=O) groups is 2. The molecule has 2 aromatic carbocycles. The Hall–Kier alpha value is -3.19. The van der Waals surface area contributed by atoms with Gasteiger partial charge < -0.3 is 20.4 Å². The number of carboxylic acids is 1. The Morgan fingerprint density at radius 1 is 1.19 bits per heavy atom. The Labute approximate surface area is 156 Å². The molecule has 0 aliphatic heterocycles. The SMILES string of the molecule is CC(=O)CC(=O)O.CC(C)(O)c1cc2oc(-c3ccccc3)nc2cc1N. The van der Waals surface area contributed by atoms with E-state index in [0.717, 1.165) is 5.56 Å². The van der Waals surface area contributed by atoms with Gasteiger partial charge in [0.05, 0.1) is 5.60 Å². The van der Waals surface area contributed by atoms with Crippen molar-refractivity contribution in [1.29, 1.82) is 0 Å². The molecule has 7 heteroatoms. The number of nitrogen functional groups attached to an aromatic ring is 1. The molecule has 142 valence electrons. The van der Waals surface area contributed by atoms with Gasteiger partial charge in [-0.3, -0.25) is 9.59 Å². The van der Waals surface area contributed by atoms with Crippen LogP contribution in [-0.4, -0.2) is 26.9 Å². The van der Waals surface area contributed by atoms with Crippen LogP contribution in [0.5, 0.6) is 0 Å². The second-order valence-corrected chi connectivity index (χ2v) is 6.62. The maximum absolute atomic E-state index is 10.1. The number of hydrogen-bond donors (Lipinski definition) is 3. The van der Waals surface area contributed by atoms with E-state index in [0.29, 0.717) is 28.2 Å². The lowest BCUT2D eigenvalue weighted by molar-refractivity contribution is -0.139. The summed E-state index contributed by atoms with van der Waals surface area (Å²) in [6.45, 7) is 4.63. The first kappa shape index (κ1) is 20.1. The molecule has 0 atom stereocenters. The van der Waals surface area contributed by atoms with E-state index in [1.807, 2.05) is 30.3 Å². The molecule has 4 N–H and O–H groups in total. The van der Waals surface area contributed by atoms with Crippen LogP contribution in [0.25, 0.3) is 22.6 Å². The monoisotopic (exact) mass is 370 g/mol. The largest absolute Gasteiger partial charge is 0.481 e. The van der Waals surface area contributed by atoms with Crippen LogP contribution in [-0.2, 0) is 15.2 Å². The van der Waals surface area contributed by atoms with E-state index in [1.165, 1.54) is 6.92 Å². The molecule has 7 nitrogen and oxygen atoms in total. The number of nitrogens with two attached hydrogens (primary N) is 1. The van der Waals surface area contributed by atoms with Crippen LogP contribution in [0.3, 0.4) is 0 Å². The molecule has 3 rings (SSSR count). The molecule has 0 aliphatic carbocycles. The second-order valence-electron chi connectivity index (χ2n) is 6.62. The molecule has 0 spiro atoms. The second kappa shape index (κ2) is 8.01. The Balaban J connectivity index is 0.000000321. The molecule has 0 amide bonds. The molecule has 1 aromatic heterocycles. The number of hydrogen-bond acceptors (Lipinski definition) is 6. The zero-order valence-electron chi connectivity index (χ0n) is 15.4. The molecule has 3 aromatic rings. The first-order valence-electron chi connectivity index (χ1n) is 8.27. The number of carboxylic acid groups (broad SMARTS) is 1. The van der Waals surface area contributed by atoms with Gasteiger partial charge in [-0.2, -0.15) is 0 Å². The molecule has 0 bridgehead atoms. The lowest BCUT2D eigenvalue weighted by atomic mass is 9.96. The zero-order chi connectivity index (χ0) is 20.2. The molecule has 0 fully saturated rings. The fraction of sp³-hybridized carbons (Fsp3) is 0.250. The molecular weight excluding hydrogens is 348 g/mol. The minimum Gasteiger partial charge on any atom is -0.481 e. The number of aliphatic hydroxyl groups is 1. The summed E-state index contributed by atoms with van der Waals surface area (Å²) in [7, 11) is 0. The molecule has 0 radical (unpaired) electrons. The minimum atomic E-state index is -1.06. The van der Waals surface area contributed by atoms with Crippen LogP contribution in [0.2, 0.25) is 0 Å². The van der Waals surface area contributed by atoms with Gasteiger partial charge >= 0.3 is 5.97 Å². The average molecular weight is 370 g/mol. The number of benzene rings is 2. The number of ketones is 1. The summed E-state index contributed by atoms with van der Waals surface area (Å²) in [6, 6.07) is 13.2. The third-order valence-corrected chi connectivity index (χ3v) is 3.64. The summed E-state index contributed by atoms with van der Waals surface area (Å²) >= 11 is 0. The van der Waals surface area contributed by atoms with Crippen LogP contribution in [0.4, 0.5) is 5.69 Å². The van der Waals surface area contributed by atoms with Crippen LogP contribution in [0.15, 0.2) is 46.9 Å². The van der Waals surface area contributed by atoms with Crippen molar-refractivity contribution in [3.8, 4) is 11.5 Å². The Kier molecular flexibility index (Phi) is 5.97. The number of aliphatic carboxylic acids is 1. The first-order valence-corrected chi connectivity index (χ1v) is 8.27. The van der Waals surface area contributed by atoms with E-state index in [1.54, 1.807) is 26.0 Å². The summed E-state index contributed by atoms with van der Waals surface area (Å²) in [4.78, 5) is 23.9. The Bertz CT molecular complexity index is 944. The minimum absolute atomic E-state index is 0.312. The van der Waals surface area contributed by atoms with E-state index < -0.39 is 11.6 Å². The standard InChI is InChI=1S/C16H16N2O2.C4H6O3/c1-16(2,19)11-8-14-13(9-12(11)17)18-15(20-14)10-6-4-3-5-7-10;1-3(5)2-4(6)7/h3-9,19H,17H2,1-2H3;2H2,1H3,(H,6,7). The lowest BCUT2D eigenvalue weighted by Crippen LogP contribution is -2.17. The molecule has 27 heavy (non-hydrogen) atoms. The molecule has 0 unspecified atom stereocenters. The lowest BCUT2D eigenvalue weighted by Gasteiger charge is -2.19. The van der Waals surface area contributed by atoms with Crippen molar-refractivity contribution in [3.63, 3.8) is 0 Å². The van der Waals surface area contributed by atoms with Gasteiger partial charge in [0.1, 0.15) is 17.7 Å². The number of fused-ring (bicyclic) bond motifs is 1. The molecule has 0 aliphatic rings. The summed E-state index contributed by atoms with van der Waals surface area (Å²) < 4.78 is 5.77. The van der Waals surface area contributed by atoms with Gasteiger partial charge in [0.2, 0.25) is 5.89 Å². The predicted octanol–water partition coefficient (Wildman–Crippen LogP) is 3.35. The number of nitrogens with zero attached hydrogens (tertiary/aromatic N) is 1. The van der Waals surface area contributed by atoms with Crippen LogP contribution < -0.4 is 5.73 Å². The van der Waals surface area contributed by atoms with Gasteiger partial charge in [-0.25, -0.2) is 4.98 Å². The molecule has 1 heterocycles. The number of carbonyl (C=O) groups excluding carboxylic acids is 1. The van der Waals surface area contributed by atoms with E-state index in [4.69, 9.17) is 15.3 Å². The summed E-state index contributed by atoms with van der Waals surface area (Å²) in [5.41, 5.74) is 8.33. The predicted molar refractivity (Wildman–Crippen MR) is 102 cm³/mol. The Morgan fingerprint density at radius 3 is 2.30 bits per heavy atom. The highest BCUT2D eigenvalue weighted by atomic mass is 16.4. The average Bonchev–Trinajstić information content (AvgIpc) is 2.96. The third-order valence-electron chi connectivity index (χ3n) is 3.64. The van der Waals surface area contributed by atoms with Crippen LogP contribution >= 0.6 is 0 Å². The van der Waals surface area contributed by atoms with E-state index in [-0.39, 0.29) is 12.2 Å². The van der Waals surface area contributed by atoms with Crippen molar-refractivity contribution in [2.45, 2.75) is 32.8 Å². The maximum atomic E-state index is 10.1. The normalized spacial score (nSPS) is 11.0. The smallest absolute Gasteiger partial charge is 0.310 e. The maximum Gasteiger partial charge on any atom is 0.310 e. The zero-order valence-corrected chi connectivity index (χ0v) is 15.4. The fourth-order valence-electron chi connectivity index (χ4n) is 2.44. The van der Waals surface area contributed by atoms with Crippen molar-refractivity contribution in [2.75, 3.05) is 5.73 Å². The molecule has 0 saturated heterocycles. The van der Waals surface area contributed by atoms with Crippen molar-refractivity contribution < 1.29 is 24.2 Å². The molecular formula is C20H22N2O5. The summed E-state index contributed by atoms with van der Waals surface area (Å²) in [6.07, 6.45) is -0.361. The summed E-state index contributed by atoms with van der Waals surface area (Å²) in [5.74, 6) is -0.826. The van der Waals surface area contributed by atoms with Gasteiger partial charge in [-0.15, -0.1) is 0 Å². The first-order chi connectivity index (χ1) is 12.6. The summed E-state index contributed by atoms with van der Waals surface area (Å²) in [5, 5.41) is 18.0. The van der Waals surface area contributed by atoms with Gasteiger partial charge in [-0.1, -0.05) is 18.2 Å². The van der Waals surface area contributed by atoms with Gasteiger partial charge in [0.15, 0.2) is 5.58 Å². The number of anilines is 1. The highest BCUT2D eigenvalue weighted by Gasteiger charge is 2.21. The van der Waals surface area contributed by atoms with Crippen molar-refractivity contribution in [2.24, 2.45) is 0 Å². The highest BCUT2D eigenvalue weighted by Crippen LogP contribution is 2.32. The molecule has 0 saturated carbocycles. The quantitative estimate of drug-likeness (QED) is 0.475. The van der Waals surface area contributed by atoms with E-state index in [2.05, 4.69) is 4.98 Å². The topological polar surface area (TPSA) is 127 Å². The Morgan fingerprint density at radius 2 is 1.81 bits per heavy atom. The van der Waals surface area contributed by atoms with Crippen LogP contribution in [0.1, 0.15) is 32.8 Å². The number of Topliss-reactive ketones (excluding diaryl/α,β-unsaturated/α-hetero) is 1. The van der Waals surface area contributed by atoms with Crippen LogP contribution in [0, 0.1) is 0 Å². The number of oxazole rings is 1. The van der Waals surface area contributed by atoms with E-state index in [9.17, 15) is 14.7 Å². The van der Waals surface area contributed by atoms with E-state index >= 15 is 0 Å². The van der Waals surface area contributed by atoms with Gasteiger partial charge in [-0.05, 0) is 45.0 Å². The number of rotatable bonds is 4. The van der Waals surface area contributed by atoms with Crippen molar-refractivity contribution in [1.82, 2.24) is 4.98 Å². The number of aromatic nitrogens is 1. The highest BCUT2D eigenvalue weighted by molar-refractivity contribution is 5.93. The van der Waals surface area contributed by atoms with Gasteiger partial charge in [0, 0.05) is 16.8 Å². The third kappa shape index (κ3) is 5.39.